The molecular weight excluding hydrogens is 170 g/mol. The van der Waals surface area contributed by atoms with Crippen molar-refractivity contribution in [2.24, 2.45) is 0 Å². The summed E-state index contributed by atoms with van der Waals surface area (Å²) in [7, 11) is 0. The number of carbonyl (C=O) groups excluding carboxylic acids is 1. The minimum atomic E-state index is -0.927. The summed E-state index contributed by atoms with van der Waals surface area (Å²) in [6.07, 6.45) is 3.18. The first-order chi connectivity index (χ1) is 6.16. The van der Waals surface area contributed by atoms with E-state index in [0.29, 0.717) is 6.54 Å². The summed E-state index contributed by atoms with van der Waals surface area (Å²) in [5, 5.41) is 11.0. The maximum absolute atomic E-state index is 10.9. The van der Waals surface area contributed by atoms with Gasteiger partial charge in [0.25, 0.3) is 0 Å². The van der Waals surface area contributed by atoms with Crippen molar-refractivity contribution >= 4 is 11.9 Å². The Balaban J connectivity index is 3.25. The maximum Gasteiger partial charge on any atom is 0.303 e. The van der Waals surface area contributed by atoms with E-state index in [4.69, 9.17) is 5.11 Å². The fourth-order valence-corrected chi connectivity index (χ4v) is 0.912. The molecule has 0 aliphatic heterocycles. The standard InChI is InChI=1S/C9H17NO3/c1-2-3-4-7-10-8(11)5-6-9(12)13/h2-7H2,1H3,(H,10,11)(H,12,13). The van der Waals surface area contributed by atoms with Gasteiger partial charge in [-0.05, 0) is 6.42 Å². The van der Waals surface area contributed by atoms with Crippen LogP contribution in [0.1, 0.15) is 39.0 Å². The first-order valence-corrected chi connectivity index (χ1v) is 4.65. The highest BCUT2D eigenvalue weighted by Crippen LogP contribution is 1.92. The van der Waals surface area contributed by atoms with Crippen molar-refractivity contribution in [1.82, 2.24) is 5.32 Å². The van der Waals surface area contributed by atoms with Crippen molar-refractivity contribution < 1.29 is 14.7 Å². The molecule has 76 valence electrons. The number of aliphatic carboxylic acids is 1. The van der Waals surface area contributed by atoms with Crippen LogP contribution in [0.2, 0.25) is 0 Å². The van der Waals surface area contributed by atoms with Gasteiger partial charge in [-0.15, -0.1) is 0 Å². The van der Waals surface area contributed by atoms with Crippen molar-refractivity contribution in [1.29, 1.82) is 0 Å². The van der Waals surface area contributed by atoms with Gasteiger partial charge < -0.3 is 10.4 Å². The van der Waals surface area contributed by atoms with Crippen LogP contribution >= 0.6 is 0 Å². The molecule has 0 aliphatic rings. The molecule has 0 unspecified atom stereocenters. The molecule has 0 heterocycles. The number of hydrogen-bond acceptors (Lipinski definition) is 2. The molecule has 0 aliphatic carbocycles. The second kappa shape index (κ2) is 7.58. The van der Waals surface area contributed by atoms with Gasteiger partial charge in [-0.3, -0.25) is 9.59 Å². The topological polar surface area (TPSA) is 66.4 Å². The lowest BCUT2D eigenvalue weighted by atomic mass is 10.2. The second-order valence-corrected chi connectivity index (χ2v) is 2.95. The summed E-state index contributed by atoms with van der Waals surface area (Å²) >= 11 is 0. The molecule has 0 aromatic carbocycles. The van der Waals surface area contributed by atoms with Crippen molar-refractivity contribution in [3.63, 3.8) is 0 Å². The van der Waals surface area contributed by atoms with E-state index in [1.807, 2.05) is 0 Å². The summed E-state index contributed by atoms with van der Waals surface area (Å²) in [4.78, 5) is 21.0. The summed E-state index contributed by atoms with van der Waals surface area (Å²) in [5.74, 6) is -1.10. The van der Waals surface area contributed by atoms with Gasteiger partial charge in [0.2, 0.25) is 5.91 Å². The minimum Gasteiger partial charge on any atom is -0.481 e. The van der Waals surface area contributed by atoms with E-state index in [1.165, 1.54) is 0 Å². The van der Waals surface area contributed by atoms with Gasteiger partial charge in [-0.1, -0.05) is 19.8 Å². The smallest absolute Gasteiger partial charge is 0.303 e. The Hall–Kier alpha value is -1.06. The second-order valence-electron chi connectivity index (χ2n) is 2.95. The molecule has 4 nitrogen and oxygen atoms in total. The Bertz CT molecular complexity index is 168. The van der Waals surface area contributed by atoms with E-state index >= 15 is 0 Å². The number of hydrogen-bond donors (Lipinski definition) is 2. The number of unbranched alkanes of at least 4 members (excludes halogenated alkanes) is 2. The normalized spacial score (nSPS) is 9.62. The van der Waals surface area contributed by atoms with Crippen molar-refractivity contribution in [2.45, 2.75) is 39.0 Å². The van der Waals surface area contributed by atoms with E-state index in [9.17, 15) is 9.59 Å². The molecular formula is C9H17NO3. The van der Waals surface area contributed by atoms with Crippen LogP contribution in [0.4, 0.5) is 0 Å². The third-order valence-corrected chi connectivity index (χ3v) is 1.67. The molecule has 0 bridgehead atoms. The van der Waals surface area contributed by atoms with Crippen LogP contribution in [0.25, 0.3) is 0 Å². The van der Waals surface area contributed by atoms with E-state index < -0.39 is 5.97 Å². The third kappa shape index (κ3) is 8.85. The SMILES string of the molecule is CCCCCNC(=O)CCC(=O)O. The van der Waals surface area contributed by atoms with Crippen LogP contribution in [-0.2, 0) is 9.59 Å². The van der Waals surface area contributed by atoms with Crippen LogP contribution < -0.4 is 5.32 Å². The number of carboxylic acids is 1. The highest BCUT2D eigenvalue weighted by Gasteiger charge is 2.03. The van der Waals surface area contributed by atoms with Crippen LogP contribution in [0, 0.1) is 0 Å². The summed E-state index contributed by atoms with van der Waals surface area (Å²) in [6, 6.07) is 0. The Morgan fingerprint density at radius 3 is 2.46 bits per heavy atom. The van der Waals surface area contributed by atoms with Gasteiger partial charge >= 0.3 is 5.97 Å². The van der Waals surface area contributed by atoms with Gasteiger partial charge in [-0.25, -0.2) is 0 Å². The molecule has 0 atom stereocenters. The average molecular weight is 187 g/mol. The van der Waals surface area contributed by atoms with Crippen LogP contribution in [-0.4, -0.2) is 23.5 Å². The molecule has 0 aromatic rings. The molecule has 0 saturated carbocycles. The molecule has 13 heavy (non-hydrogen) atoms. The quantitative estimate of drug-likeness (QED) is 0.588. The fraction of sp³-hybridized carbons (Fsp3) is 0.778. The van der Waals surface area contributed by atoms with E-state index in [2.05, 4.69) is 12.2 Å². The minimum absolute atomic E-state index is 0.0837. The fourth-order valence-electron chi connectivity index (χ4n) is 0.912. The van der Waals surface area contributed by atoms with Gasteiger partial charge in [-0.2, -0.15) is 0 Å². The molecule has 0 radical (unpaired) electrons. The summed E-state index contributed by atoms with van der Waals surface area (Å²) < 4.78 is 0. The molecule has 0 aromatic heterocycles. The molecule has 4 heteroatoms. The predicted octanol–water partition coefficient (Wildman–Crippen LogP) is 1.16. The maximum atomic E-state index is 10.9. The van der Waals surface area contributed by atoms with Gasteiger partial charge in [0.15, 0.2) is 0 Å². The van der Waals surface area contributed by atoms with Crippen molar-refractivity contribution in [3.8, 4) is 0 Å². The number of carbonyl (C=O) groups is 2. The number of rotatable bonds is 7. The molecule has 0 rings (SSSR count). The monoisotopic (exact) mass is 187 g/mol. The Morgan fingerprint density at radius 2 is 1.92 bits per heavy atom. The lowest BCUT2D eigenvalue weighted by Crippen LogP contribution is -2.24. The van der Waals surface area contributed by atoms with E-state index in [1.54, 1.807) is 0 Å². The molecule has 0 spiro atoms. The van der Waals surface area contributed by atoms with Crippen LogP contribution in [0.15, 0.2) is 0 Å². The lowest BCUT2D eigenvalue weighted by molar-refractivity contribution is -0.138. The van der Waals surface area contributed by atoms with Crippen LogP contribution in [0.3, 0.4) is 0 Å². The van der Waals surface area contributed by atoms with Crippen LogP contribution in [0.5, 0.6) is 0 Å². The average Bonchev–Trinajstić information content (AvgIpc) is 2.09. The Kier molecular flexibility index (Phi) is 6.96. The predicted molar refractivity (Wildman–Crippen MR) is 49.4 cm³/mol. The summed E-state index contributed by atoms with van der Waals surface area (Å²) in [5.41, 5.74) is 0. The Morgan fingerprint density at radius 1 is 1.23 bits per heavy atom. The molecule has 1 amide bonds. The van der Waals surface area contributed by atoms with Crippen molar-refractivity contribution in [3.05, 3.63) is 0 Å². The highest BCUT2D eigenvalue weighted by molar-refractivity contribution is 5.80. The van der Waals surface area contributed by atoms with E-state index in [0.717, 1.165) is 19.3 Å². The highest BCUT2D eigenvalue weighted by atomic mass is 16.4. The zero-order chi connectivity index (χ0) is 10.1. The Labute approximate surface area is 78.3 Å². The number of carboxylic acid groups (broad SMARTS) is 1. The lowest BCUT2D eigenvalue weighted by Gasteiger charge is -2.02. The van der Waals surface area contributed by atoms with Gasteiger partial charge in [0, 0.05) is 13.0 Å². The van der Waals surface area contributed by atoms with Crippen molar-refractivity contribution in [2.75, 3.05) is 6.54 Å². The third-order valence-electron chi connectivity index (χ3n) is 1.67. The molecule has 0 fully saturated rings. The molecule has 2 N–H and O–H groups in total. The number of amides is 1. The molecule has 0 saturated heterocycles. The zero-order valence-corrected chi connectivity index (χ0v) is 8.01. The van der Waals surface area contributed by atoms with Gasteiger partial charge in [0.05, 0.1) is 6.42 Å². The largest absolute Gasteiger partial charge is 0.481 e. The number of nitrogens with one attached hydrogen (secondary N) is 1. The first-order valence-electron chi connectivity index (χ1n) is 4.65. The van der Waals surface area contributed by atoms with Gasteiger partial charge in [0.1, 0.15) is 0 Å². The summed E-state index contributed by atoms with van der Waals surface area (Å²) in [6.45, 7) is 2.75. The van der Waals surface area contributed by atoms with E-state index in [-0.39, 0.29) is 18.7 Å². The first kappa shape index (κ1) is 11.9. The zero-order valence-electron chi connectivity index (χ0n) is 8.01.